The maximum absolute atomic E-state index is 6.02. The first-order valence-electron chi connectivity index (χ1n) is 6.77. The van der Waals surface area contributed by atoms with Gasteiger partial charge in [-0.25, -0.2) is 4.98 Å². The van der Waals surface area contributed by atoms with E-state index in [2.05, 4.69) is 48.2 Å². The second kappa shape index (κ2) is 5.33. The van der Waals surface area contributed by atoms with Crippen LogP contribution in [0.25, 0.3) is 10.2 Å². The Kier molecular flexibility index (Phi) is 3.51. The fourth-order valence-electron chi connectivity index (χ4n) is 2.31. The molecule has 0 amide bonds. The summed E-state index contributed by atoms with van der Waals surface area (Å²) in [6.45, 7) is 6.18. The molecule has 0 saturated carbocycles. The normalized spacial score (nSPS) is 10.9. The predicted molar refractivity (Wildman–Crippen MR) is 87.7 cm³/mol. The summed E-state index contributed by atoms with van der Waals surface area (Å²) >= 11 is 1.64. The van der Waals surface area contributed by atoms with E-state index in [0.29, 0.717) is 11.8 Å². The highest BCUT2D eigenvalue weighted by atomic mass is 32.1. The monoisotopic (exact) mass is 299 g/mol. The Balaban J connectivity index is 2.10. The van der Waals surface area contributed by atoms with E-state index in [9.17, 15) is 0 Å². The van der Waals surface area contributed by atoms with Crippen molar-refractivity contribution >= 4 is 27.5 Å². The molecule has 0 atom stereocenters. The van der Waals surface area contributed by atoms with E-state index in [1.165, 1.54) is 16.0 Å². The van der Waals surface area contributed by atoms with Crippen LogP contribution in [0, 0.1) is 20.8 Å². The van der Waals surface area contributed by atoms with Gasteiger partial charge in [0.1, 0.15) is 10.6 Å². The lowest BCUT2D eigenvalue weighted by Gasteiger charge is -2.09. The third-order valence-corrected chi connectivity index (χ3v) is 4.06. The number of hydrogen-bond acceptors (Lipinski definition) is 5. The number of rotatable bonds is 3. The molecular formula is C16H17N3OS. The summed E-state index contributed by atoms with van der Waals surface area (Å²) < 4.78 is 6.02. The van der Waals surface area contributed by atoms with Gasteiger partial charge in [0.15, 0.2) is 0 Å². The molecule has 0 aliphatic carbocycles. The lowest BCUT2D eigenvalue weighted by atomic mass is 10.1. The second-order valence-electron chi connectivity index (χ2n) is 5.10. The summed E-state index contributed by atoms with van der Waals surface area (Å²) in [4.78, 5) is 11.0. The molecule has 0 radical (unpaired) electrons. The molecule has 2 heterocycles. The number of aromatic nitrogens is 2. The van der Waals surface area contributed by atoms with Gasteiger partial charge in [0.2, 0.25) is 11.8 Å². The molecule has 3 aromatic rings. The molecule has 108 valence electrons. The number of fused-ring (bicyclic) bond motifs is 1. The van der Waals surface area contributed by atoms with E-state index in [0.717, 1.165) is 16.0 Å². The highest BCUT2D eigenvalue weighted by Gasteiger charge is 2.12. The average Bonchev–Trinajstić information content (AvgIpc) is 2.78. The molecule has 0 fully saturated rings. The first kappa shape index (κ1) is 13.8. The van der Waals surface area contributed by atoms with Crippen LogP contribution >= 0.6 is 11.3 Å². The number of aryl methyl sites for hydroxylation is 3. The third kappa shape index (κ3) is 2.83. The largest absolute Gasteiger partial charge is 0.438 e. The molecule has 5 heteroatoms. The number of hydrogen-bond donors (Lipinski definition) is 1. The molecule has 0 saturated heterocycles. The van der Waals surface area contributed by atoms with Crippen molar-refractivity contribution in [2.45, 2.75) is 20.8 Å². The lowest BCUT2D eigenvalue weighted by molar-refractivity contribution is 0.468. The summed E-state index contributed by atoms with van der Waals surface area (Å²) in [7, 11) is 1.81. The SMILES string of the molecule is CNc1nc(Oc2cc(C)cc(C)c2)c2cc(C)sc2n1. The van der Waals surface area contributed by atoms with Crippen LogP contribution in [0.4, 0.5) is 5.95 Å². The maximum atomic E-state index is 6.02. The molecule has 2 aromatic heterocycles. The zero-order chi connectivity index (χ0) is 15.0. The van der Waals surface area contributed by atoms with Gasteiger partial charge in [0.25, 0.3) is 0 Å². The van der Waals surface area contributed by atoms with Crippen LogP contribution < -0.4 is 10.1 Å². The summed E-state index contributed by atoms with van der Waals surface area (Å²) in [5, 5.41) is 3.94. The smallest absolute Gasteiger partial charge is 0.232 e. The van der Waals surface area contributed by atoms with Crippen LogP contribution in [0.2, 0.25) is 0 Å². The van der Waals surface area contributed by atoms with Crippen molar-refractivity contribution < 1.29 is 4.74 Å². The molecule has 4 nitrogen and oxygen atoms in total. The first-order chi connectivity index (χ1) is 10.0. The Morgan fingerprint density at radius 2 is 1.71 bits per heavy atom. The summed E-state index contributed by atoms with van der Waals surface area (Å²) in [6, 6.07) is 8.21. The average molecular weight is 299 g/mol. The van der Waals surface area contributed by atoms with Gasteiger partial charge in [-0.3, -0.25) is 0 Å². The van der Waals surface area contributed by atoms with E-state index in [4.69, 9.17) is 4.74 Å². The van der Waals surface area contributed by atoms with Gasteiger partial charge in [-0.15, -0.1) is 11.3 Å². The van der Waals surface area contributed by atoms with Crippen LogP contribution in [0.15, 0.2) is 24.3 Å². The summed E-state index contributed by atoms with van der Waals surface area (Å²) in [5.41, 5.74) is 2.34. The Morgan fingerprint density at radius 1 is 1.00 bits per heavy atom. The predicted octanol–water partition coefficient (Wildman–Crippen LogP) is 4.45. The minimum Gasteiger partial charge on any atom is -0.438 e. The summed E-state index contributed by atoms with van der Waals surface area (Å²) in [6.07, 6.45) is 0. The standard InChI is InChI=1S/C16H17N3OS/c1-9-5-10(2)7-12(6-9)20-14-13-8-11(3)21-15(13)19-16(17-4)18-14/h5-8H,1-4H3,(H,17,18,19). The van der Waals surface area contributed by atoms with Crippen molar-refractivity contribution in [2.75, 3.05) is 12.4 Å². The van der Waals surface area contributed by atoms with Gasteiger partial charge in [0.05, 0.1) is 5.39 Å². The minimum absolute atomic E-state index is 0.573. The first-order valence-corrected chi connectivity index (χ1v) is 7.59. The number of anilines is 1. The Morgan fingerprint density at radius 3 is 2.38 bits per heavy atom. The van der Waals surface area contributed by atoms with Crippen molar-refractivity contribution in [2.24, 2.45) is 0 Å². The van der Waals surface area contributed by atoms with Crippen molar-refractivity contribution in [3.63, 3.8) is 0 Å². The van der Waals surface area contributed by atoms with Gasteiger partial charge in [-0.1, -0.05) is 6.07 Å². The number of thiophene rings is 1. The molecule has 0 bridgehead atoms. The fourth-order valence-corrected chi connectivity index (χ4v) is 3.18. The molecule has 1 aromatic carbocycles. The van der Waals surface area contributed by atoms with Crippen molar-refractivity contribution in [3.8, 4) is 11.6 Å². The Labute approximate surface area is 127 Å². The maximum Gasteiger partial charge on any atom is 0.232 e. The van der Waals surface area contributed by atoms with Crippen LogP contribution in [0.3, 0.4) is 0 Å². The van der Waals surface area contributed by atoms with Crippen molar-refractivity contribution in [3.05, 3.63) is 40.3 Å². The van der Waals surface area contributed by atoms with Crippen molar-refractivity contribution in [1.29, 1.82) is 0 Å². The van der Waals surface area contributed by atoms with E-state index in [-0.39, 0.29) is 0 Å². The minimum atomic E-state index is 0.573. The fraction of sp³-hybridized carbons (Fsp3) is 0.250. The third-order valence-electron chi connectivity index (χ3n) is 3.11. The molecule has 0 aliphatic heterocycles. The quantitative estimate of drug-likeness (QED) is 0.776. The number of benzene rings is 1. The Hall–Kier alpha value is -2.14. The second-order valence-corrected chi connectivity index (χ2v) is 6.34. The van der Waals surface area contributed by atoms with E-state index in [1.54, 1.807) is 11.3 Å². The number of ether oxygens (including phenoxy) is 1. The molecule has 3 rings (SSSR count). The molecule has 0 spiro atoms. The number of nitrogens with zero attached hydrogens (tertiary/aromatic N) is 2. The zero-order valence-electron chi connectivity index (χ0n) is 12.5. The molecule has 0 aliphatic rings. The van der Waals surface area contributed by atoms with Crippen LogP contribution in [-0.2, 0) is 0 Å². The highest BCUT2D eigenvalue weighted by Crippen LogP contribution is 2.33. The van der Waals surface area contributed by atoms with Crippen LogP contribution in [0.1, 0.15) is 16.0 Å². The van der Waals surface area contributed by atoms with Gasteiger partial charge < -0.3 is 10.1 Å². The van der Waals surface area contributed by atoms with Gasteiger partial charge in [0, 0.05) is 11.9 Å². The topological polar surface area (TPSA) is 47.0 Å². The van der Waals surface area contributed by atoms with Gasteiger partial charge in [-0.2, -0.15) is 4.98 Å². The molecule has 0 unspecified atom stereocenters. The van der Waals surface area contributed by atoms with Gasteiger partial charge >= 0.3 is 0 Å². The Bertz CT molecular complexity index is 790. The molecule has 1 N–H and O–H groups in total. The van der Waals surface area contributed by atoms with E-state index < -0.39 is 0 Å². The molecule has 21 heavy (non-hydrogen) atoms. The lowest BCUT2D eigenvalue weighted by Crippen LogP contribution is -1.98. The van der Waals surface area contributed by atoms with Gasteiger partial charge in [-0.05, 0) is 50.1 Å². The highest BCUT2D eigenvalue weighted by molar-refractivity contribution is 7.18. The van der Waals surface area contributed by atoms with Crippen molar-refractivity contribution in [1.82, 2.24) is 9.97 Å². The van der Waals surface area contributed by atoms with E-state index in [1.807, 2.05) is 19.2 Å². The molecular weight excluding hydrogens is 282 g/mol. The summed E-state index contributed by atoms with van der Waals surface area (Å²) in [5.74, 6) is 1.97. The van der Waals surface area contributed by atoms with Crippen LogP contribution in [-0.4, -0.2) is 17.0 Å². The zero-order valence-corrected chi connectivity index (χ0v) is 13.3. The van der Waals surface area contributed by atoms with E-state index >= 15 is 0 Å². The van der Waals surface area contributed by atoms with Crippen LogP contribution in [0.5, 0.6) is 11.6 Å². The number of nitrogens with one attached hydrogen (secondary N) is 1.